The van der Waals surface area contributed by atoms with Gasteiger partial charge >= 0.3 is 0 Å². The number of unbranched alkanes of at least 4 members (excludes halogenated alkanes) is 1. The van der Waals surface area contributed by atoms with Crippen molar-refractivity contribution in [3.63, 3.8) is 0 Å². The number of rotatable bonds is 6. The van der Waals surface area contributed by atoms with E-state index in [1.807, 2.05) is 12.1 Å². The predicted octanol–water partition coefficient (Wildman–Crippen LogP) is 3.05. The normalized spacial score (nSPS) is 12.4. The number of nitrogens with zero attached hydrogens (tertiary/aromatic N) is 1. The summed E-state index contributed by atoms with van der Waals surface area (Å²) in [7, 11) is 0. The predicted molar refractivity (Wildman–Crippen MR) is 64.4 cm³/mol. The Morgan fingerprint density at radius 2 is 2.00 bits per heavy atom. The van der Waals surface area contributed by atoms with Gasteiger partial charge in [-0.1, -0.05) is 25.5 Å². The van der Waals surface area contributed by atoms with Gasteiger partial charge in [-0.15, -0.1) is 0 Å². The fourth-order valence-electron chi connectivity index (χ4n) is 1.50. The molecule has 0 aromatic heterocycles. The molecule has 4 heteroatoms. The molecule has 1 N–H and O–H groups in total. The molecule has 0 aliphatic carbocycles. The molecular formula is C12H18N2O2. The van der Waals surface area contributed by atoms with Gasteiger partial charge in [-0.05, 0) is 25.5 Å². The summed E-state index contributed by atoms with van der Waals surface area (Å²) in [6, 6.07) is 6.96. The largest absolute Gasteiger partial charge is 0.310 e. The van der Waals surface area contributed by atoms with Gasteiger partial charge in [0.15, 0.2) is 0 Å². The Labute approximate surface area is 95.8 Å². The van der Waals surface area contributed by atoms with Crippen molar-refractivity contribution in [2.24, 2.45) is 0 Å². The maximum absolute atomic E-state index is 10.5. The lowest BCUT2D eigenvalue weighted by atomic mass is 10.1. The number of nitrogens with one attached hydrogen (secondary N) is 1. The number of nitro benzene ring substituents is 1. The lowest BCUT2D eigenvalue weighted by Gasteiger charge is -2.13. The summed E-state index contributed by atoms with van der Waals surface area (Å²) < 4.78 is 0. The molecule has 0 fully saturated rings. The van der Waals surface area contributed by atoms with Crippen LogP contribution in [0.2, 0.25) is 0 Å². The quantitative estimate of drug-likeness (QED) is 0.457. The van der Waals surface area contributed by atoms with E-state index in [4.69, 9.17) is 0 Å². The molecule has 1 aromatic rings. The van der Waals surface area contributed by atoms with Crippen molar-refractivity contribution in [1.29, 1.82) is 0 Å². The van der Waals surface area contributed by atoms with E-state index in [9.17, 15) is 10.1 Å². The molecule has 0 radical (unpaired) electrons. The third kappa shape index (κ3) is 3.62. The van der Waals surface area contributed by atoms with Gasteiger partial charge in [-0.2, -0.15) is 0 Å². The van der Waals surface area contributed by atoms with Crippen LogP contribution in [0.25, 0.3) is 0 Å². The van der Waals surface area contributed by atoms with Crippen LogP contribution in [0.15, 0.2) is 24.3 Å². The molecule has 1 unspecified atom stereocenters. The fourth-order valence-corrected chi connectivity index (χ4v) is 1.50. The standard InChI is InChI=1S/C12H18N2O2/c1-3-4-9-13-10(2)11-5-7-12(8-6-11)14(15)16/h5-8,10,13H,3-4,9H2,1-2H3. The Morgan fingerprint density at radius 3 is 2.50 bits per heavy atom. The summed E-state index contributed by atoms with van der Waals surface area (Å²) in [5, 5.41) is 13.9. The molecule has 0 aliphatic rings. The van der Waals surface area contributed by atoms with Crippen molar-refractivity contribution in [2.45, 2.75) is 32.7 Å². The van der Waals surface area contributed by atoms with E-state index in [-0.39, 0.29) is 16.7 Å². The zero-order valence-electron chi connectivity index (χ0n) is 9.77. The highest BCUT2D eigenvalue weighted by molar-refractivity contribution is 5.33. The second-order valence-electron chi connectivity index (χ2n) is 3.88. The minimum Gasteiger partial charge on any atom is -0.310 e. The van der Waals surface area contributed by atoms with E-state index in [2.05, 4.69) is 19.2 Å². The second kappa shape index (κ2) is 6.23. The molecule has 88 valence electrons. The summed E-state index contributed by atoms with van der Waals surface area (Å²) in [6.07, 6.45) is 2.32. The van der Waals surface area contributed by atoms with Crippen LogP contribution in [0.3, 0.4) is 0 Å². The van der Waals surface area contributed by atoms with E-state index in [1.54, 1.807) is 12.1 Å². The molecule has 0 amide bonds. The van der Waals surface area contributed by atoms with E-state index >= 15 is 0 Å². The number of hydrogen-bond acceptors (Lipinski definition) is 3. The molecule has 0 heterocycles. The molecule has 0 spiro atoms. The molecule has 1 aromatic carbocycles. The Hall–Kier alpha value is -1.42. The van der Waals surface area contributed by atoms with Gasteiger partial charge in [0.05, 0.1) is 4.92 Å². The van der Waals surface area contributed by atoms with Crippen molar-refractivity contribution in [2.75, 3.05) is 6.54 Å². The molecule has 0 aliphatic heterocycles. The van der Waals surface area contributed by atoms with Crippen LogP contribution in [0, 0.1) is 10.1 Å². The van der Waals surface area contributed by atoms with Crippen molar-refractivity contribution in [3.8, 4) is 0 Å². The highest BCUT2D eigenvalue weighted by Gasteiger charge is 2.07. The zero-order valence-corrected chi connectivity index (χ0v) is 9.77. The Kier molecular flexibility index (Phi) is 4.92. The third-order valence-electron chi connectivity index (χ3n) is 2.58. The van der Waals surface area contributed by atoms with E-state index in [1.165, 1.54) is 6.42 Å². The molecule has 4 nitrogen and oxygen atoms in total. The summed E-state index contributed by atoms with van der Waals surface area (Å²) >= 11 is 0. The first-order valence-electron chi connectivity index (χ1n) is 5.63. The number of nitro groups is 1. The topological polar surface area (TPSA) is 55.2 Å². The summed E-state index contributed by atoms with van der Waals surface area (Å²) in [5.41, 5.74) is 1.23. The minimum absolute atomic E-state index is 0.143. The molecule has 16 heavy (non-hydrogen) atoms. The SMILES string of the molecule is CCCCNC(C)c1ccc([N+](=O)[O-])cc1. The summed E-state index contributed by atoms with van der Waals surface area (Å²) in [4.78, 5) is 10.1. The van der Waals surface area contributed by atoms with Crippen LogP contribution in [-0.4, -0.2) is 11.5 Å². The van der Waals surface area contributed by atoms with Crippen LogP contribution in [0.1, 0.15) is 38.3 Å². The fraction of sp³-hybridized carbons (Fsp3) is 0.500. The highest BCUT2D eigenvalue weighted by atomic mass is 16.6. The minimum atomic E-state index is -0.376. The Bertz CT molecular complexity index is 335. The van der Waals surface area contributed by atoms with Gasteiger partial charge in [0.1, 0.15) is 0 Å². The molecule has 0 saturated carbocycles. The smallest absolute Gasteiger partial charge is 0.269 e. The van der Waals surface area contributed by atoms with Gasteiger partial charge in [-0.3, -0.25) is 10.1 Å². The van der Waals surface area contributed by atoms with E-state index in [0.717, 1.165) is 18.5 Å². The third-order valence-corrected chi connectivity index (χ3v) is 2.58. The average molecular weight is 222 g/mol. The average Bonchev–Trinajstić information content (AvgIpc) is 2.29. The molecule has 1 atom stereocenters. The first-order valence-corrected chi connectivity index (χ1v) is 5.63. The van der Waals surface area contributed by atoms with E-state index in [0.29, 0.717) is 0 Å². The first kappa shape index (κ1) is 12.6. The zero-order chi connectivity index (χ0) is 12.0. The van der Waals surface area contributed by atoms with Crippen molar-refractivity contribution in [1.82, 2.24) is 5.32 Å². The molecule has 1 rings (SSSR count). The van der Waals surface area contributed by atoms with Crippen LogP contribution in [0.5, 0.6) is 0 Å². The first-order chi connectivity index (χ1) is 7.65. The van der Waals surface area contributed by atoms with Crippen molar-refractivity contribution >= 4 is 5.69 Å². The van der Waals surface area contributed by atoms with Crippen LogP contribution in [0.4, 0.5) is 5.69 Å². The van der Waals surface area contributed by atoms with Crippen LogP contribution < -0.4 is 5.32 Å². The van der Waals surface area contributed by atoms with Gasteiger partial charge in [0, 0.05) is 18.2 Å². The Balaban J connectivity index is 2.56. The van der Waals surface area contributed by atoms with Gasteiger partial charge in [0.25, 0.3) is 5.69 Å². The molecule has 0 bridgehead atoms. The van der Waals surface area contributed by atoms with Gasteiger partial charge < -0.3 is 5.32 Å². The molecular weight excluding hydrogens is 204 g/mol. The van der Waals surface area contributed by atoms with Crippen molar-refractivity contribution in [3.05, 3.63) is 39.9 Å². The maximum atomic E-state index is 10.5. The lowest BCUT2D eigenvalue weighted by Crippen LogP contribution is -2.19. The number of benzene rings is 1. The maximum Gasteiger partial charge on any atom is 0.269 e. The molecule has 0 saturated heterocycles. The van der Waals surface area contributed by atoms with E-state index < -0.39 is 0 Å². The van der Waals surface area contributed by atoms with Gasteiger partial charge in [0.2, 0.25) is 0 Å². The highest BCUT2D eigenvalue weighted by Crippen LogP contribution is 2.17. The number of hydrogen-bond donors (Lipinski definition) is 1. The van der Waals surface area contributed by atoms with Gasteiger partial charge in [-0.25, -0.2) is 0 Å². The van der Waals surface area contributed by atoms with Crippen LogP contribution >= 0.6 is 0 Å². The summed E-state index contributed by atoms with van der Waals surface area (Å²) in [5.74, 6) is 0. The van der Waals surface area contributed by atoms with Crippen LogP contribution in [-0.2, 0) is 0 Å². The summed E-state index contributed by atoms with van der Waals surface area (Å²) in [6.45, 7) is 5.20. The second-order valence-corrected chi connectivity index (χ2v) is 3.88. The van der Waals surface area contributed by atoms with Crippen molar-refractivity contribution < 1.29 is 4.92 Å². The Morgan fingerprint density at radius 1 is 1.38 bits per heavy atom. The lowest BCUT2D eigenvalue weighted by molar-refractivity contribution is -0.384. The number of non-ortho nitro benzene ring substituents is 1. The monoisotopic (exact) mass is 222 g/mol.